The van der Waals surface area contributed by atoms with Crippen molar-refractivity contribution in [3.05, 3.63) is 227 Å². The maximum Gasteiger partial charge on any atom is 0.341 e. The van der Waals surface area contributed by atoms with Crippen molar-refractivity contribution in [3.8, 4) is 23.3 Å². The van der Waals surface area contributed by atoms with Crippen molar-refractivity contribution in [2.24, 2.45) is 11.5 Å². The van der Waals surface area contributed by atoms with E-state index in [-0.39, 0.29) is 22.7 Å². The van der Waals surface area contributed by atoms with Crippen molar-refractivity contribution in [2.75, 3.05) is 86.5 Å². The predicted molar refractivity (Wildman–Crippen MR) is 421 cm³/mol. The highest BCUT2D eigenvalue weighted by Gasteiger charge is 2.30. The Kier molecular flexibility index (Phi) is 35.8. The molecule has 5 aromatic carbocycles. The molecule has 570 valence electrons. The number of aliphatic carboxylic acids is 1. The van der Waals surface area contributed by atoms with Gasteiger partial charge in [-0.15, -0.1) is 0 Å². The lowest BCUT2D eigenvalue weighted by Crippen LogP contribution is -2.40. The van der Waals surface area contributed by atoms with Crippen LogP contribution in [-0.4, -0.2) is 184 Å². The molecule has 107 heavy (non-hydrogen) atoms. The van der Waals surface area contributed by atoms with Gasteiger partial charge in [0.2, 0.25) is 11.2 Å². The normalized spacial score (nSPS) is 18.0. The second kappa shape index (κ2) is 45.2. The Morgan fingerprint density at radius 1 is 0.748 bits per heavy atom. The second-order valence-corrected chi connectivity index (χ2v) is 33.2. The highest BCUT2D eigenvalue weighted by molar-refractivity contribution is 6.76. The molecule has 0 saturated carbocycles. The number of hydrogen-bond acceptors (Lipinski definition) is 20. The number of aromatic carboxylic acids is 1. The van der Waals surface area contributed by atoms with Crippen LogP contribution in [0.2, 0.25) is 19.6 Å². The summed E-state index contributed by atoms with van der Waals surface area (Å²) in [6, 6.07) is 35.3. The minimum atomic E-state index is -1.45. The number of pyridine rings is 1. The molecule has 0 aliphatic carbocycles. The van der Waals surface area contributed by atoms with Gasteiger partial charge in [0.25, 0.3) is 0 Å². The summed E-state index contributed by atoms with van der Waals surface area (Å²) in [5.41, 5.74) is 15.4. The monoisotopic (exact) mass is 1480 g/mol. The molecule has 5 atom stereocenters. The van der Waals surface area contributed by atoms with Crippen LogP contribution < -0.4 is 37.6 Å². The Hall–Kier alpha value is -9.50. The summed E-state index contributed by atoms with van der Waals surface area (Å²) >= 11 is 0. The maximum absolute atomic E-state index is 14.4. The van der Waals surface area contributed by atoms with E-state index in [9.17, 15) is 28.3 Å². The summed E-state index contributed by atoms with van der Waals surface area (Å²) in [5, 5.41) is 36.9. The molecule has 5 saturated heterocycles. The first-order chi connectivity index (χ1) is 51.7. The van der Waals surface area contributed by atoms with Gasteiger partial charge in [-0.2, -0.15) is 9.65 Å². The minimum Gasteiger partial charge on any atom is -0.480 e. The van der Waals surface area contributed by atoms with E-state index < -0.39 is 48.4 Å². The fraction of sp³-hybridized carbons (Fsp3) is 0.407. The van der Waals surface area contributed by atoms with E-state index in [2.05, 4.69) is 137 Å². The molecule has 0 bridgehead atoms. The molecular formula is C81H106F2N16O7Si. The van der Waals surface area contributed by atoms with Crippen LogP contribution in [0.1, 0.15) is 115 Å². The van der Waals surface area contributed by atoms with Crippen molar-refractivity contribution in [2.45, 2.75) is 127 Å². The van der Waals surface area contributed by atoms with E-state index in [1.54, 1.807) is 68.7 Å². The third-order valence-electron chi connectivity index (χ3n) is 18.4. The summed E-state index contributed by atoms with van der Waals surface area (Å²) < 4.78 is 40.7. The van der Waals surface area contributed by atoms with Gasteiger partial charge in [0.1, 0.15) is 17.1 Å². The first kappa shape index (κ1) is 84.8. The molecule has 6 aliphatic heterocycles. The van der Waals surface area contributed by atoms with Crippen molar-refractivity contribution in [3.63, 3.8) is 0 Å². The highest BCUT2D eigenvalue weighted by Crippen LogP contribution is 2.43. The largest absolute Gasteiger partial charge is 0.480 e. The Bertz CT molecular complexity index is 4180. The van der Waals surface area contributed by atoms with Crippen molar-refractivity contribution in [1.82, 2.24) is 65.1 Å². The van der Waals surface area contributed by atoms with E-state index >= 15 is 0 Å². The second-order valence-electron chi connectivity index (χ2n) is 27.8. The van der Waals surface area contributed by atoms with Crippen molar-refractivity contribution >= 4 is 47.8 Å². The molecule has 10 heterocycles. The van der Waals surface area contributed by atoms with Crippen molar-refractivity contribution in [1.29, 1.82) is 5.26 Å². The average molecular weight is 1480 g/mol. The number of methoxy groups -OCH3 is 1. The van der Waals surface area contributed by atoms with Crippen molar-refractivity contribution < 1.29 is 38.1 Å². The number of nitrogens with one attached hydrogen (secondary N) is 3. The summed E-state index contributed by atoms with van der Waals surface area (Å²) in [6.07, 6.45) is 30.8. The van der Waals surface area contributed by atoms with Gasteiger partial charge in [-0.1, -0.05) is 111 Å². The quantitative estimate of drug-likeness (QED) is 0.0370. The number of nitriles is 1. The van der Waals surface area contributed by atoms with Gasteiger partial charge in [0.15, 0.2) is 17.3 Å². The zero-order chi connectivity index (χ0) is 76.9. The molecule has 0 radical (unpaired) electrons. The summed E-state index contributed by atoms with van der Waals surface area (Å²) in [4.78, 5) is 65.5. The van der Waals surface area contributed by atoms with E-state index in [0.717, 1.165) is 105 Å². The fourth-order valence-corrected chi connectivity index (χ4v) is 14.5. The van der Waals surface area contributed by atoms with Gasteiger partial charge < -0.3 is 61.5 Å². The van der Waals surface area contributed by atoms with E-state index in [1.807, 2.05) is 67.0 Å². The Balaban J connectivity index is 0.000000175. The number of benzene rings is 5. The molecule has 15 rings (SSSR count). The number of hydrogen-bond donors (Lipinski definition) is 7. The molecule has 5 unspecified atom stereocenters. The number of ether oxygens (including phenoxy) is 2. The molecule has 0 amide bonds. The predicted octanol–water partition coefficient (Wildman–Crippen LogP) is 11.8. The molecule has 23 nitrogen and oxygen atoms in total. The lowest BCUT2D eigenvalue weighted by Gasteiger charge is -2.28. The number of aromatic nitrogens is 7. The summed E-state index contributed by atoms with van der Waals surface area (Å²) in [6.45, 7) is 21.5. The molecule has 9 N–H and O–H groups in total. The van der Waals surface area contributed by atoms with Gasteiger partial charge in [0.05, 0.1) is 61.6 Å². The van der Waals surface area contributed by atoms with Crippen LogP contribution in [0.4, 0.5) is 8.78 Å². The number of rotatable bonds is 15. The SMILES string of the molecule is C=Cc1cnccn1.CN1CCCC1CC#N.CN1CCCC1CCN.COCN(Cc1ccccc1)C[Si](C)(C)C.NCc1ccccc1.O=C(O)C1CCCN1.O=C(O)c1cn2c3c(c(F)c(F)cc3c1=O)Oc1cc3ccccc3cc1-2.c1cnc(C2CCNC2)cn1.c1cnc(C2CCNC2)cn1. The lowest BCUT2D eigenvalue weighted by atomic mass is 10.0. The topological polar surface area (TPSA) is 314 Å². The molecule has 5 fully saturated rings. The van der Waals surface area contributed by atoms with Gasteiger partial charge in [-0.05, 0) is 163 Å². The first-order valence-electron chi connectivity index (χ1n) is 36.5. The van der Waals surface area contributed by atoms with Gasteiger partial charge in [-0.25, -0.2) is 9.18 Å². The Morgan fingerprint density at radius 2 is 1.32 bits per heavy atom. The molecular weight excluding hydrogens is 1380 g/mol. The van der Waals surface area contributed by atoms with Crippen LogP contribution in [0.5, 0.6) is 11.5 Å². The van der Waals surface area contributed by atoms with E-state index in [0.29, 0.717) is 42.6 Å². The van der Waals surface area contributed by atoms with E-state index in [4.69, 9.17) is 31.3 Å². The van der Waals surface area contributed by atoms with Crippen LogP contribution in [0, 0.1) is 23.0 Å². The fourth-order valence-electron chi connectivity index (χ4n) is 12.9. The van der Waals surface area contributed by atoms with Crippen LogP contribution in [0.3, 0.4) is 0 Å². The number of carboxylic acids is 2. The number of fused-ring (bicyclic) bond motifs is 3. The molecule has 9 aromatic rings. The number of carbonyl (C=O) groups is 2. The van der Waals surface area contributed by atoms with Gasteiger partial charge in [-0.3, -0.25) is 44.4 Å². The van der Waals surface area contributed by atoms with Crippen LogP contribution >= 0.6 is 0 Å². The summed E-state index contributed by atoms with van der Waals surface area (Å²) in [7, 11) is 4.98. The highest BCUT2D eigenvalue weighted by atomic mass is 28.3. The Labute approximate surface area is 628 Å². The van der Waals surface area contributed by atoms with Crippen LogP contribution in [0.25, 0.3) is 33.4 Å². The van der Waals surface area contributed by atoms with Gasteiger partial charge in [0, 0.05) is 113 Å². The zero-order valence-corrected chi connectivity index (χ0v) is 63.6. The number of halogens is 2. The van der Waals surface area contributed by atoms with Crippen LogP contribution in [-0.2, 0) is 22.6 Å². The molecule has 26 heteroatoms. The zero-order valence-electron chi connectivity index (χ0n) is 62.6. The third kappa shape index (κ3) is 27.7. The molecule has 0 spiro atoms. The molecule has 6 aliphatic rings. The minimum absolute atomic E-state index is 0.00770. The molecule has 4 aromatic heterocycles. The smallest absolute Gasteiger partial charge is 0.341 e. The van der Waals surface area contributed by atoms with Crippen LogP contribution in [0.15, 0.2) is 176 Å². The number of nitrogens with two attached hydrogens (primary N) is 2. The summed E-state index contributed by atoms with van der Waals surface area (Å²) in [5.74, 6) is -3.74. The first-order valence-corrected chi connectivity index (χ1v) is 40.2. The maximum atomic E-state index is 14.4. The number of likely N-dealkylation sites (tertiary alicyclic amines) is 2. The van der Waals surface area contributed by atoms with Gasteiger partial charge >= 0.3 is 11.9 Å². The average Bonchev–Trinajstić information content (AvgIpc) is 0.912. The number of nitrogens with zero attached hydrogens (tertiary/aromatic N) is 11. The third-order valence-corrected chi connectivity index (χ3v) is 19.8. The lowest BCUT2D eigenvalue weighted by molar-refractivity contribution is -0.139. The number of carboxylic acid groups (broad SMARTS) is 2. The Morgan fingerprint density at radius 3 is 1.75 bits per heavy atom. The van der Waals surface area contributed by atoms with E-state index in [1.165, 1.54) is 79.9 Å². The standard InChI is InChI=1S/C20H9F2NO4.C13H23NOSi.2C8H11N3.C7H16N2.C7H12N2.C7H9N.C6H6N2.C5H9NO2/c21-13-7-11-17-19(16(13)22)27-15-6-10-4-2-1-3-9(10)5-14(15)23(17)8-12(18(11)24)20(25)26;1-15-11-14(12-16(2,3)4)10-13-8-6-5-7-9-13;2*1-2-9-5-7(1)8-6-10-3-4-11-8;2*1-9-6-2-3-7(9)4-5-8;8-6-7-4-2-1-3-5-7;1-2-6-5-7-3-4-8-6;7-5(8)4-2-1-3-6-4/h1-8H,(H,25,26);5-9H,10-12H2,1-4H3;2*3-4,6-7,9H,1-2,5H2;7H,2-6,8H2,1H3;7H,2-4,6H2,1H3;1-5H,6,8H2;2-5H,1H2;4,6H,1-3H2,(H,7,8).